The van der Waals surface area contributed by atoms with Gasteiger partial charge in [0.15, 0.2) is 0 Å². The van der Waals surface area contributed by atoms with Crippen molar-refractivity contribution in [3.05, 3.63) is 35.6 Å². The van der Waals surface area contributed by atoms with Gasteiger partial charge >= 0.3 is 0 Å². The van der Waals surface area contributed by atoms with Crippen molar-refractivity contribution in [2.75, 3.05) is 13.1 Å². The lowest BCUT2D eigenvalue weighted by Gasteiger charge is -2.35. The first-order valence-corrected chi connectivity index (χ1v) is 7.76. The van der Waals surface area contributed by atoms with Gasteiger partial charge in [-0.3, -0.25) is 4.79 Å². The maximum Gasteiger partial charge on any atom is 0.223 e. The van der Waals surface area contributed by atoms with E-state index in [-0.39, 0.29) is 23.7 Å². The van der Waals surface area contributed by atoms with Crippen molar-refractivity contribution in [2.45, 2.75) is 45.1 Å². The van der Waals surface area contributed by atoms with E-state index in [1.54, 1.807) is 12.1 Å². The third-order valence-corrected chi connectivity index (χ3v) is 4.47. The van der Waals surface area contributed by atoms with Gasteiger partial charge in [-0.2, -0.15) is 0 Å². The fourth-order valence-electron chi connectivity index (χ4n) is 3.04. The first-order chi connectivity index (χ1) is 9.99. The third-order valence-electron chi connectivity index (χ3n) is 4.47. The molecule has 0 saturated carbocycles. The van der Waals surface area contributed by atoms with Gasteiger partial charge in [-0.05, 0) is 43.2 Å². The van der Waals surface area contributed by atoms with E-state index >= 15 is 0 Å². The highest BCUT2D eigenvalue weighted by molar-refractivity contribution is 5.77. The number of rotatable bonds is 4. The van der Waals surface area contributed by atoms with Crippen LogP contribution in [0.5, 0.6) is 0 Å². The lowest BCUT2D eigenvalue weighted by Crippen LogP contribution is -2.45. The molecule has 1 aromatic rings. The summed E-state index contributed by atoms with van der Waals surface area (Å²) in [6.07, 6.45) is 2.45. The summed E-state index contributed by atoms with van der Waals surface area (Å²) in [6.45, 7) is 5.44. The van der Waals surface area contributed by atoms with Gasteiger partial charge in [-0.15, -0.1) is 0 Å². The molecule has 0 radical (unpaired) electrons. The molecule has 2 N–H and O–H groups in total. The van der Waals surface area contributed by atoms with E-state index in [9.17, 15) is 9.18 Å². The van der Waals surface area contributed by atoms with Crippen molar-refractivity contribution in [3.8, 4) is 0 Å². The van der Waals surface area contributed by atoms with Crippen LogP contribution in [0, 0.1) is 11.7 Å². The summed E-state index contributed by atoms with van der Waals surface area (Å²) in [4.78, 5) is 14.3. The lowest BCUT2D eigenvalue weighted by atomic mass is 9.91. The van der Waals surface area contributed by atoms with Crippen LogP contribution in [-0.4, -0.2) is 29.9 Å². The van der Waals surface area contributed by atoms with Crippen LogP contribution in [0.25, 0.3) is 0 Å². The molecule has 1 aromatic carbocycles. The third kappa shape index (κ3) is 4.03. The summed E-state index contributed by atoms with van der Waals surface area (Å²) in [5, 5.41) is 0. The number of carbonyl (C=O) groups is 1. The van der Waals surface area contributed by atoms with E-state index in [1.165, 1.54) is 6.07 Å². The molecule has 1 heterocycles. The minimum absolute atomic E-state index is 0.102. The molecule has 1 fully saturated rings. The first kappa shape index (κ1) is 16.0. The van der Waals surface area contributed by atoms with Crippen molar-refractivity contribution in [1.82, 2.24) is 4.90 Å². The summed E-state index contributed by atoms with van der Waals surface area (Å²) >= 11 is 0. The molecular weight excluding hydrogens is 267 g/mol. The van der Waals surface area contributed by atoms with Crippen LogP contribution in [0.15, 0.2) is 24.3 Å². The smallest absolute Gasteiger partial charge is 0.223 e. The normalized spacial score (nSPS) is 21.9. The lowest BCUT2D eigenvalue weighted by molar-refractivity contribution is -0.133. The van der Waals surface area contributed by atoms with Crippen LogP contribution in [0.2, 0.25) is 0 Å². The van der Waals surface area contributed by atoms with Crippen molar-refractivity contribution >= 4 is 5.91 Å². The standard InChI is InChI=1S/C17H25FN2O/c1-12(15-7-3-4-8-16(15)18)10-17(21)20-9-5-6-14(11-20)13(2)19/h3-4,7-8,12-14H,5-6,9-11,19H2,1-2H3. The highest BCUT2D eigenvalue weighted by atomic mass is 19.1. The summed E-state index contributed by atoms with van der Waals surface area (Å²) in [5.41, 5.74) is 6.57. The summed E-state index contributed by atoms with van der Waals surface area (Å²) < 4.78 is 13.8. The molecule has 1 aliphatic heterocycles. The number of nitrogens with two attached hydrogens (primary N) is 1. The highest BCUT2D eigenvalue weighted by Gasteiger charge is 2.27. The molecule has 4 heteroatoms. The second-order valence-corrected chi connectivity index (χ2v) is 6.23. The second kappa shape index (κ2) is 7.03. The first-order valence-electron chi connectivity index (χ1n) is 7.76. The number of hydrogen-bond acceptors (Lipinski definition) is 2. The Morgan fingerprint density at radius 2 is 2.14 bits per heavy atom. The van der Waals surface area contributed by atoms with Crippen LogP contribution in [-0.2, 0) is 4.79 Å². The van der Waals surface area contributed by atoms with Crippen molar-refractivity contribution in [1.29, 1.82) is 0 Å². The van der Waals surface area contributed by atoms with Crippen molar-refractivity contribution < 1.29 is 9.18 Å². The molecule has 116 valence electrons. The Labute approximate surface area is 126 Å². The number of halogens is 1. The number of likely N-dealkylation sites (tertiary alicyclic amines) is 1. The fraction of sp³-hybridized carbons (Fsp3) is 0.588. The minimum atomic E-state index is -0.232. The molecule has 2 rings (SSSR count). The Kier molecular flexibility index (Phi) is 5.34. The van der Waals surface area contributed by atoms with E-state index in [0.717, 1.165) is 25.9 Å². The molecule has 1 saturated heterocycles. The summed E-state index contributed by atoms with van der Waals surface area (Å²) in [6, 6.07) is 6.81. The molecule has 0 aromatic heterocycles. The minimum Gasteiger partial charge on any atom is -0.342 e. The van der Waals surface area contributed by atoms with Gasteiger partial charge in [0.2, 0.25) is 5.91 Å². The van der Waals surface area contributed by atoms with Crippen molar-refractivity contribution in [3.63, 3.8) is 0 Å². The van der Waals surface area contributed by atoms with Gasteiger partial charge in [0, 0.05) is 25.6 Å². The van der Waals surface area contributed by atoms with E-state index < -0.39 is 0 Å². The Morgan fingerprint density at radius 1 is 1.43 bits per heavy atom. The van der Waals surface area contributed by atoms with Gasteiger partial charge in [0.05, 0.1) is 0 Å². The quantitative estimate of drug-likeness (QED) is 0.927. The monoisotopic (exact) mass is 292 g/mol. The largest absolute Gasteiger partial charge is 0.342 e. The van der Waals surface area contributed by atoms with Gasteiger partial charge in [-0.25, -0.2) is 4.39 Å². The van der Waals surface area contributed by atoms with E-state index in [4.69, 9.17) is 5.73 Å². The maximum atomic E-state index is 13.8. The molecule has 1 amide bonds. The second-order valence-electron chi connectivity index (χ2n) is 6.23. The van der Waals surface area contributed by atoms with Gasteiger partial charge in [-0.1, -0.05) is 25.1 Å². The molecule has 3 nitrogen and oxygen atoms in total. The van der Waals surface area contributed by atoms with Crippen LogP contribution < -0.4 is 5.73 Å². The zero-order valence-corrected chi connectivity index (χ0v) is 12.9. The van der Waals surface area contributed by atoms with E-state index in [2.05, 4.69) is 0 Å². The SMILES string of the molecule is CC(CC(=O)N1CCCC(C(C)N)C1)c1ccccc1F. The molecule has 0 bridgehead atoms. The number of benzene rings is 1. The Bertz CT molecular complexity index is 489. The Hall–Kier alpha value is -1.42. The molecule has 0 aliphatic carbocycles. The van der Waals surface area contributed by atoms with E-state index in [0.29, 0.717) is 17.9 Å². The average Bonchev–Trinajstić information content (AvgIpc) is 2.47. The van der Waals surface area contributed by atoms with Crippen LogP contribution in [0.1, 0.15) is 44.6 Å². The van der Waals surface area contributed by atoms with Gasteiger partial charge in [0.25, 0.3) is 0 Å². The molecule has 1 aliphatic rings. The topological polar surface area (TPSA) is 46.3 Å². The van der Waals surface area contributed by atoms with Crippen LogP contribution in [0.3, 0.4) is 0 Å². The molecule has 3 unspecified atom stereocenters. The molecule has 3 atom stereocenters. The van der Waals surface area contributed by atoms with Crippen LogP contribution in [0.4, 0.5) is 4.39 Å². The number of hydrogen-bond donors (Lipinski definition) is 1. The Morgan fingerprint density at radius 3 is 2.81 bits per heavy atom. The van der Waals surface area contributed by atoms with Crippen LogP contribution >= 0.6 is 0 Å². The van der Waals surface area contributed by atoms with Crippen molar-refractivity contribution in [2.24, 2.45) is 11.7 Å². The number of nitrogens with zero attached hydrogens (tertiary/aromatic N) is 1. The van der Waals surface area contributed by atoms with Gasteiger partial charge in [0.1, 0.15) is 5.82 Å². The van der Waals surface area contributed by atoms with E-state index in [1.807, 2.05) is 24.8 Å². The molecular formula is C17H25FN2O. The zero-order valence-electron chi connectivity index (χ0n) is 12.9. The average molecular weight is 292 g/mol. The number of amides is 1. The highest BCUT2D eigenvalue weighted by Crippen LogP contribution is 2.25. The van der Waals surface area contributed by atoms with Gasteiger partial charge < -0.3 is 10.6 Å². The number of piperidine rings is 1. The molecule has 21 heavy (non-hydrogen) atoms. The molecule has 0 spiro atoms. The predicted octanol–water partition coefficient (Wildman–Crippen LogP) is 2.91. The summed E-state index contributed by atoms with van der Waals surface area (Å²) in [7, 11) is 0. The zero-order chi connectivity index (χ0) is 15.4. The Balaban J connectivity index is 1.96. The summed E-state index contributed by atoms with van der Waals surface area (Å²) in [5.74, 6) is 0.154. The predicted molar refractivity (Wildman–Crippen MR) is 82.4 cm³/mol. The fourth-order valence-corrected chi connectivity index (χ4v) is 3.04. The maximum absolute atomic E-state index is 13.8. The number of carbonyl (C=O) groups excluding carboxylic acids is 1.